The van der Waals surface area contributed by atoms with Gasteiger partial charge in [0, 0.05) is 5.69 Å². The summed E-state index contributed by atoms with van der Waals surface area (Å²) >= 11 is 4.83. The van der Waals surface area contributed by atoms with E-state index >= 15 is 0 Å². The minimum atomic E-state index is 0.311. The predicted octanol–water partition coefficient (Wildman–Crippen LogP) is 2.46. The van der Waals surface area contributed by atoms with Crippen molar-refractivity contribution in [3.63, 3.8) is 0 Å². The van der Waals surface area contributed by atoms with Gasteiger partial charge < -0.3 is 11.1 Å². The molecule has 16 heavy (non-hydrogen) atoms. The van der Waals surface area contributed by atoms with Gasteiger partial charge in [0.2, 0.25) is 0 Å². The standard InChI is InChI=1S/C12H11N3S/c13-12(16)11-7-6-10(8-14-11)15-9-4-2-1-3-5-9/h1-8,15H,(H2,13,16). The fourth-order valence-electron chi connectivity index (χ4n) is 1.30. The summed E-state index contributed by atoms with van der Waals surface area (Å²) in [5, 5.41) is 3.22. The van der Waals surface area contributed by atoms with Crippen LogP contribution in [0.4, 0.5) is 11.4 Å². The number of anilines is 2. The van der Waals surface area contributed by atoms with Crippen LogP contribution in [0.15, 0.2) is 48.7 Å². The second-order valence-electron chi connectivity index (χ2n) is 3.29. The van der Waals surface area contributed by atoms with E-state index in [2.05, 4.69) is 10.3 Å². The summed E-state index contributed by atoms with van der Waals surface area (Å²) in [6.45, 7) is 0. The van der Waals surface area contributed by atoms with E-state index < -0.39 is 0 Å². The Morgan fingerprint density at radius 2 is 1.81 bits per heavy atom. The Hall–Kier alpha value is -1.94. The monoisotopic (exact) mass is 229 g/mol. The first kappa shape index (κ1) is 10.6. The second kappa shape index (κ2) is 4.72. The molecule has 0 aliphatic rings. The molecule has 0 aliphatic heterocycles. The summed E-state index contributed by atoms with van der Waals surface area (Å²) in [4.78, 5) is 4.46. The van der Waals surface area contributed by atoms with Crippen LogP contribution in [0.5, 0.6) is 0 Å². The van der Waals surface area contributed by atoms with Gasteiger partial charge >= 0.3 is 0 Å². The van der Waals surface area contributed by atoms with Gasteiger partial charge in [-0.05, 0) is 24.3 Å². The fraction of sp³-hybridized carbons (Fsp3) is 0. The molecule has 0 saturated heterocycles. The molecule has 0 bridgehead atoms. The lowest BCUT2D eigenvalue weighted by Gasteiger charge is -2.05. The summed E-state index contributed by atoms with van der Waals surface area (Å²) in [5.74, 6) is 0. The van der Waals surface area contributed by atoms with Gasteiger partial charge in [0.1, 0.15) is 4.99 Å². The van der Waals surface area contributed by atoms with Crippen LogP contribution in [0.3, 0.4) is 0 Å². The molecule has 1 aromatic carbocycles. The molecule has 0 radical (unpaired) electrons. The van der Waals surface area contributed by atoms with Gasteiger partial charge in [-0.1, -0.05) is 30.4 Å². The van der Waals surface area contributed by atoms with Crippen molar-refractivity contribution in [2.24, 2.45) is 5.73 Å². The van der Waals surface area contributed by atoms with Crippen LogP contribution in [0.1, 0.15) is 5.69 Å². The molecule has 0 unspecified atom stereocenters. The summed E-state index contributed by atoms with van der Waals surface area (Å²) in [6.07, 6.45) is 1.71. The van der Waals surface area contributed by atoms with Crippen molar-refractivity contribution >= 4 is 28.6 Å². The number of rotatable bonds is 3. The normalized spacial score (nSPS) is 9.75. The van der Waals surface area contributed by atoms with E-state index in [1.165, 1.54) is 0 Å². The molecule has 0 atom stereocenters. The highest BCUT2D eigenvalue weighted by molar-refractivity contribution is 7.80. The average Bonchev–Trinajstić information content (AvgIpc) is 2.31. The first-order valence-electron chi connectivity index (χ1n) is 4.83. The molecular weight excluding hydrogens is 218 g/mol. The lowest BCUT2D eigenvalue weighted by Crippen LogP contribution is -2.11. The SMILES string of the molecule is NC(=S)c1ccc(Nc2ccccc2)cn1. The van der Waals surface area contributed by atoms with E-state index in [4.69, 9.17) is 18.0 Å². The fourth-order valence-corrected chi connectivity index (χ4v) is 1.42. The lowest BCUT2D eigenvalue weighted by molar-refractivity contribution is 1.29. The molecule has 1 aromatic heterocycles. The van der Waals surface area contributed by atoms with Gasteiger partial charge in [0.05, 0.1) is 17.6 Å². The van der Waals surface area contributed by atoms with Gasteiger partial charge in [-0.25, -0.2) is 0 Å². The van der Waals surface area contributed by atoms with Crippen LogP contribution < -0.4 is 11.1 Å². The van der Waals surface area contributed by atoms with Gasteiger partial charge in [0.25, 0.3) is 0 Å². The van der Waals surface area contributed by atoms with Gasteiger partial charge in [-0.3, -0.25) is 4.98 Å². The Labute approximate surface area is 99.3 Å². The van der Waals surface area contributed by atoms with E-state index in [9.17, 15) is 0 Å². The first-order chi connectivity index (χ1) is 7.75. The maximum absolute atomic E-state index is 5.46. The molecule has 1 heterocycles. The van der Waals surface area contributed by atoms with E-state index in [0.717, 1.165) is 11.4 Å². The van der Waals surface area contributed by atoms with Gasteiger partial charge in [-0.15, -0.1) is 0 Å². The second-order valence-corrected chi connectivity index (χ2v) is 3.73. The number of nitrogens with two attached hydrogens (primary N) is 1. The molecule has 0 amide bonds. The zero-order valence-corrected chi connectivity index (χ0v) is 9.37. The van der Waals surface area contributed by atoms with Crippen LogP contribution in [0.25, 0.3) is 0 Å². The Kier molecular flexibility index (Phi) is 3.12. The molecule has 3 nitrogen and oxygen atoms in total. The smallest absolute Gasteiger partial charge is 0.122 e. The zero-order valence-electron chi connectivity index (χ0n) is 8.55. The topological polar surface area (TPSA) is 50.9 Å². The van der Waals surface area contributed by atoms with E-state index in [-0.39, 0.29) is 0 Å². The van der Waals surface area contributed by atoms with Gasteiger partial charge in [-0.2, -0.15) is 0 Å². The van der Waals surface area contributed by atoms with Crippen molar-refractivity contribution < 1.29 is 0 Å². The number of benzene rings is 1. The Bertz CT molecular complexity index is 479. The van der Waals surface area contributed by atoms with Crippen LogP contribution in [0.2, 0.25) is 0 Å². The number of nitrogens with zero attached hydrogens (tertiary/aromatic N) is 1. The summed E-state index contributed by atoms with van der Waals surface area (Å²) in [6, 6.07) is 13.6. The van der Waals surface area contributed by atoms with Crippen molar-refractivity contribution in [2.45, 2.75) is 0 Å². The zero-order chi connectivity index (χ0) is 11.4. The van der Waals surface area contributed by atoms with E-state index in [0.29, 0.717) is 10.7 Å². The maximum atomic E-state index is 5.46. The van der Waals surface area contributed by atoms with Crippen molar-refractivity contribution in [1.82, 2.24) is 4.98 Å². The number of para-hydroxylation sites is 1. The minimum Gasteiger partial charge on any atom is -0.388 e. The number of hydrogen-bond acceptors (Lipinski definition) is 3. The third-order valence-corrected chi connectivity index (χ3v) is 2.29. The largest absolute Gasteiger partial charge is 0.388 e. The Balaban J connectivity index is 2.14. The number of aromatic nitrogens is 1. The quantitative estimate of drug-likeness (QED) is 0.794. The summed E-state index contributed by atoms with van der Waals surface area (Å²) < 4.78 is 0. The Morgan fingerprint density at radius 1 is 1.06 bits per heavy atom. The van der Waals surface area contributed by atoms with Crippen molar-refractivity contribution in [3.8, 4) is 0 Å². The molecule has 0 saturated carbocycles. The third kappa shape index (κ3) is 2.55. The van der Waals surface area contributed by atoms with Crippen LogP contribution >= 0.6 is 12.2 Å². The van der Waals surface area contributed by atoms with E-state index in [1.807, 2.05) is 36.4 Å². The molecule has 4 heteroatoms. The van der Waals surface area contributed by atoms with Crippen LogP contribution in [-0.4, -0.2) is 9.97 Å². The minimum absolute atomic E-state index is 0.311. The highest BCUT2D eigenvalue weighted by Gasteiger charge is 1.98. The molecule has 80 valence electrons. The first-order valence-corrected chi connectivity index (χ1v) is 5.24. The molecule has 0 aliphatic carbocycles. The molecule has 0 fully saturated rings. The van der Waals surface area contributed by atoms with Gasteiger partial charge in [0.15, 0.2) is 0 Å². The number of thiocarbonyl (C=S) groups is 1. The van der Waals surface area contributed by atoms with Crippen LogP contribution in [0, 0.1) is 0 Å². The summed E-state index contributed by atoms with van der Waals surface area (Å²) in [5.41, 5.74) is 8.03. The number of hydrogen-bond donors (Lipinski definition) is 2. The van der Waals surface area contributed by atoms with Crippen molar-refractivity contribution in [1.29, 1.82) is 0 Å². The highest BCUT2D eigenvalue weighted by Crippen LogP contribution is 2.14. The Morgan fingerprint density at radius 3 is 2.38 bits per heavy atom. The van der Waals surface area contributed by atoms with E-state index in [1.54, 1.807) is 12.3 Å². The van der Waals surface area contributed by atoms with Crippen molar-refractivity contribution in [2.75, 3.05) is 5.32 Å². The lowest BCUT2D eigenvalue weighted by atomic mass is 10.3. The summed E-state index contributed by atoms with van der Waals surface area (Å²) in [7, 11) is 0. The number of pyridine rings is 1. The molecule has 2 aromatic rings. The molecule has 0 spiro atoms. The molecule has 3 N–H and O–H groups in total. The molecule has 2 rings (SSSR count). The van der Waals surface area contributed by atoms with Crippen LogP contribution in [-0.2, 0) is 0 Å². The highest BCUT2D eigenvalue weighted by atomic mass is 32.1. The van der Waals surface area contributed by atoms with Crippen molar-refractivity contribution in [3.05, 3.63) is 54.4 Å². The maximum Gasteiger partial charge on any atom is 0.122 e. The third-order valence-electron chi connectivity index (χ3n) is 2.08. The predicted molar refractivity (Wildman–Crippen MR) is 69.8 cm³/mol. The number of nitrogens with one attached hydrogen (secondary N) is 1. The average molecular weight is 229 g/mol. The molecular formula is C12H11N3S.